The number of halogens is 1. The summed E-state index contributed by atoms with van der Waals surface area (Å²) in [5, 5.41) is 4.22. The molecule has 0 spiro atoms. The lowest BCUT2D eigenvalue weighted by molar-refractivity contribution is 0.0130. The molecule has 0 aromatic carbocycles. The second-order valence-corrected chi connectivity index (χ2v) is 13.9. The van der Waals surface area contributed by atoms with Crippen molar-refractivity contribution in [3.63, 3.8) is 0 Å². The molecule has 1 aliphatic rings. The zero-order valence-electron chi connectivity index (χ0n) is 24.4. The van der Waals surface area contributed by atoms with E-state index in [1.807, 2.05) is 70.7 Å². The maximum absolute atomic E-state index is 12.7. The molecular formula is C29H42ClN5O3S. The number of amides is 2. The molecule has 2 aromatic heterocycles. The van der Waals surface area contributed by atoms with Crippen molar-refractivity contribution in [3.8, 4) is 0 Å². The van der Waals surface area contributed by atoms with Gasteiger partial charge < -0.3 is 15.0 Å². The third kappa shape index (κ3) is 9.00. The highest BCUT2D eigenvalue weighted by Gasteiger charge is 2.42. The lowest BCUT2D eigenvalue weighted by Gasteiger charge is -2.33. The Kier molecular flexibility index (Phi) is 9.81. The highest BCUT2D eigenvalue weighted by Crippen LogP contribution is 2.36. The highest BCUT2D eigenvalue weighted by molar-refractivity contribution is 7.97. The predicted octanol–water partition coefficient (Wildman–Crippen LogP) is 7.09. The van der Waals surface area contributed by atoms with Crippen LogP contribution >= 0.6 is 23.5 Å². The van der Waals surface area contributed by atoms with Crippen LogP contribution in [0.1, 0.15) is 90.7 Å². The number of anilines is 1. The van der Waals surface area contributed by atoms with E-state index in [1.54, 1.807) is 6.07 Å². The van der Waals surface area contributed by atoms with Gasteiger partial charge in [-0.05, 0) is 84.1 Å². The fourth-order valence-corrected chi connectivity index (χ4v) is 5.41. The normalized spacial score (nSPS) is 17.2. The molecule has 1 saturated heterocycles. The number of hydrogen-bond donors (Lipinski definition) is 2. The van der Waals surface area contributed by atoms with E-state index in [9.17, 15) is 9.59 Å². The quantitative estimate of drug-likeness (QED) is 0.197. The van der Waals surface area contributed by atoms with Crippen LogP contribution < -0.4 is 10.0 Å². The second-order valence-electron chi connectivity index (χ2n) is 12.7. The van der Waals surface area contributed by atoms with Crippen LogP contribution in [0.4, 0.5) is 10.6 Å². The molecule has 3 rings (SSSR count). The van der Waals surface area contributed by atoms with E-state index in [-0.39, 0.29) is 28.1 Å². The lowest BCUT2D eigenvalue weighted by Crippen LogP contribution is -2.45. The van der Waals surface area contributed by atoms with E-state index >= 15 is 0 Å². The van der Waals surface area contributed by atoms with E-state index < -0.39 is 5.60 Å². The van der Waals surface area contributed by atoms with Crippen molar-refractivity contribution in [2.75, 3.05) is 18.4 Å². The standard InChI is InChI=1S/C29H42ClN5O3S/c1-27(2,3)21-15-14-20(24(30)32-21)25(36)34-39-23-13-9-12-22(33-23)31-16-10-11-19-17-29(7,8)35(18-19)26(37)38-28(4,5)6/h9,12-15,19H,10-11,16-18H2,1-8H3,(H,31,33)(H,34,36). The molecule has 1 unspecified atom stereocenters. The Balaban J connectivity index is 1.46. The third-order valence-electron chi connectivity index (χ3n) is 6.50. The maximum atomic E-state index is 12.7. The van der Waals surface area contributed by atoms with Gasteiger partial charge in [0, 0.05) is 41.7 Å². The fourth-order valence-electron chi connectivity index (χ4n) is 4.57. The Hall–Kier alpha value is -2.52. The van der Waals surface area contributed by atoms with Gasteiger partial charge in [0.15, 0.2) is 0 Å². The van der Waals surface area contributed by atoms with Crippen LogP contribution in [0, 0.1) is 5.92 Å². The van der Waals surface area contributed by atoms with Crippen molar-refractivity contribution in [1.82, 2.24) is 19.6 Å². The summed E-state index contributed by atoms with van der Waals surface area (Å²) < 4.78 is 8.41. The van der Waals surface area contributed by atoms with Gasteiger partial charge in [-0.2, -0.15) is 0 Å². The first kappa shape index (κ1) is 31.0. The van der Waals surface area contributed by atoms with Crippen molar-refractivity contribution in [2.24, 2.45) is 5.92 Å². The van der Waals surface area contributed by atoms with E-state index in [0.29, 0.717) is 23.1 Å². The van der Waals surface area contributed by atoms with E-state index in [2.05, 4.69) is 33.9 Å². The summed E-state index contributed by atoms with van der Waals surface area (Å²) in [6, 6.07) is 9.17. The van der Waals surface area contributed by atoms with Crippen molar-refractivity contribution in [2.45, 2.75) is 96.2 Å². The van der Waals surface area contributed by atoms with Crippen LogP contribution in [-0.2, 0) is 10.2 Å². The first-order valence-electron chi connectivity index (χ1n) is 13.4. The molecule has 3 heterocycles. The van der Waals surface area contributed by atoms with Gasteiger partial charge in [-0.3, -0.25) is 9.52 Å². The Morgan fingerprint density at radius 1 is 1.13 bits per heavy atom. The number of nitrogens with zero attached hydrogens (tertiary/aromatic N) is 3. The van der Waals surface area contributed by atoms with Crippen molar-refractivity contribution in [1.29, 1.82) is 0 Å². The number of ether oxygens (including phenoxy) is 1. The molecule has 1 aliphatic heterocycles. The Labute approximate surface area is 242 Å². The molecule has 1 fully saturated rings. The topological polar surface area (TPSA) is 96.5 Å². The minimum Gasteiger partial charge on any atom is -0.444 e. The molecule has 0 saturated carbocycles. The van der Waals surface area contributed by atoms with Crippen molar-refractivity contribution < 1.29 is 14.3 Å². The van der Waals surface area contributed by atoms with Gasteiger partial charge in [-0.15, -0.1) is 0 Å². The van der Waals surface area contributed by atoms with Gasteiger partial charge in [-0.1, -0.05) is 38.4 Å². The average Bonchev–Trinajstić information content (AvgIpc) is 3.13. The number of rotatable bonds is 8. The molecule has 214 valence electrons. The zero-order chi connectivity index (χ0) is 29.0. The number of likely N-dealkylation sites (tertiary alicyclic amines) is 1. The minimum atomic E-state index is -0.500. The molecule has 2 aromatic rings. The Morgan fingerprint density at radius 2 is 1.85 bits per heavy atom. The van der Waals surface area contributed by atoms with Crippen LogP contribution in [0.25, 0.3) is 0 Å². The van der Waals surface area contributed by atoms with Crippen LogP contribution in [0.3, 0.4) is 0 Å². The average molecular weight is 576 g/mol. The van der Waals surface area contributed by atoms with Crippen LogP contribution in [0.5, 0.6) is 0 Å². The largest absolute Gasteiger partial charge is 0.444 e. The van der Waals surface area contributed by atoms with E-state index in [1.165, 1.54) is 0 Å². The summed E-state index contributed by atoms with van der Waals surface area (Å²) in [5.74, 6) is 0.849. The zero-order valence-corrected chi connectivity index (χ0v) is 25.9. The molecule has 0 aliphatic carbocycles. The van der Waals surface area contributed by atoms with Gasteiger partial charge in [-0.25, -0.2) is 14.8 Å². The molecule has 39 heavy (non-hydrogen) atoms. The van der Waals surface area contributed by atoms with Crippen molar-refractivity contribution in [3.05, 3.63) is 46.7 Å². The number of nitrogens with one attached hydrogen (secondary N) is 2. The van der Waals surface area contributed by atoms with Crippen LogP contribution in [0.15, 0.2) is 35.4 Å². The molecule has 2 amide bonds. The number of pyridine rings is 2. The second kappa shape index (κ2) is 12.3. The molecule has 2 N–H and O–H groups in total. The van der Waals surface area contributed by atoms with E-state index in [4.69, 9.17) is 16.3 Å². The Morgan fingerprint density at radius 3 is 2.49 bits per heavy atom. The first-order chi connectivity index (χ1) is 18.0. The number of carbonyl (C=O) groups is 2. The molecule has 0 radical (unpaired) electrons. The number of carbonyl (C=O) groups excluding carboxylic acids is 2. The van der Waals surface area contributed by atoms with Gasteiger partial charge in [0.05, 0.1) is 5.56 Å². The summed E-state index contributed by atoms with van der Waals surface area (Å²) in [6.45, 7) is 17.5. The van der Waals surface area contributed by atoms with Crippen LogP contribution in [0.2, 0.25) is 5.15 Å². The lowest BCUT2D eigenvalue weighted by atomic mass is 9.91. The Bertz CT molecular complexity index is 1180. The SMILES string of the molecule is CC(C)(C)OC(=O)N1CC(CCCNc2cccc(SNC(=O)c3ccc(C(C)(C)C)nc3Cl)n2)CC1(C)C. The molecule has 1 atom stereocenters. The van der Waals surface area contributed by atoms with Gasteiger partial charge >= 0.3 is 6.09 Å². The summed E-state index contributed by atoms with van der Waals surface area (Å²) in [4.78, 5) is 36.2. The molecule has 0 bridgehead atoms. The summed E-state index contributed by atoms with van der Waals surface area (Å²) in [5.41, 5.74) is 0.284. The third-order valence-corrected chi connectivity index (χ3v) is 7.51. The predicted molar refractivity (Wildman–Crippen MR) is 158 cm³/mol. The van der Waals surface area contributed by atoms with Gasteiger partial charge in [0.25, 0.3) is 5.91 Å². The smallest absolute Gasteiger partial charge is 0.410 e. The first-order valence-corrected chi connectivity index (χ1v) is 14.6. The number of hydrogen-bond acceptors (Lipinski definition) is 7. The molecule has 8 nitrogen and oxygen atoms in total. The maximum Gasteiger partial charge on any atom is 0.410 e. The summed E-state index contributed by atoms with van der Waals surface area (Å²) in [7, 11) is 0. The summed E-state index contributed by atoms with van der Waals surface area (Å²) in [6.07, 6.45) is 2.67. The van der Waals surface area contributed by atoms with E-state index in [0.717, 1.165) is 49.3 Å². The summed E-state index contributed by atoms with van der Waals surface area (Å²) >= 11 is 7.42. The molecule has 10 heteroatoms. The molecular weight excluding hydrogens is 534 g/mol. The minimum absolute atomic E-state index is 0.154. The van der Waals surface area contributed by atoms with Crippen molar-refractivity contribution >= 4 is 41.4 Å². The highest BCUT2D eigenvalue weighted by atomic mass is 35.5. The van der Waals surface area contributed by atoms with Gasteiger partial charge in [0.2, 0.25) is 0 Å². The van der Waals surface area contributed by atoms with Gasteiger partial charge in [0.1, 0.15) is 21.6 Å². The monoisotopic (exact) mass is 575 g/mol. The van der Waals surface area contributed by atoms with Crippen LogP contribution in [-0.4, -0.2) is 51.1 Å². The fraction of sp³-hybridized carbons (Fsp3) is 0.586. The number of aromatic nitrogens is 2.